The predicted molar refractivity (Wildman–Crippen MR) is 152 cm³/mol. The van der Waals surface area contributed by atoms with Crippen molar-refractivity contribution >= 4 is 46.8 Å². The molecule has 0 radical (unpaired) electrons. The van der Waals surface area contributed by atoms with Gasteiger partial charge in [0, 0.05) is 5.56 Å². The van der Waals surface area contributed by atoms with Gasteiger partial charge in [0.25, 0.3) is 0 Å². The van der Waals surface area contributed by atoms with E-state index in [9.17, 15) is 19.2 Å². The van der Waals surface area contributed by atoms with E-state index >= 15 is 0 Å². The molecule has 2 bridgehead atoms. The Labute approximate surface area is 247 Å². The van der Waals surface area contributed by atoms with Crippen molar-refractivity contribution in [1.29, 1.82) is 0 Å². The summed E-state index contributed by atoms with van der Waals surface area (Å²) in [4.78, 5) is 53.0. The summed E-state index contributed by atoms with van der Waals surface area (Å²) in [6, 6.07) is 19.8. The normalized spacial score (nSPS) is 26.3. The zero-order chi connectivity index (χ0) is 29.3. The average molecular weight is 592 g/mol. The molecule has 4 aliphatic rings. The van der Waals surface area contributed by atoms with Crippen LogP contribution in [0.1, 0.15) is 46.5 Å². The first-order valence-electron chi connectivity index (χ1n) is 13.3. The third kappa shape index (κ3) is 3.71. The monoisotopic (exact) mass is 591 g/mol. The number of rotatable bonds is 7. The molecule has 7 rings (SSSR count). The molecule has 41 heavy (non-hydrogen) atoms. The third-order valence-corrected chi connectivity index (χ3v) is 9.81. The molecule has 9 heteroatoms. The van der Waals surface area contributed by atoms with Crippen LogP contribution in [0.3, 0.4) is 0 Å². The van der Waals surface area contributed by atoms with Crippen LogP contribution in [0.25, 0.3) is 0 Å². The molecule has 0 N–H and O–H groups in total. The average Bonchev–Trinajstić information content (AvgIpc) is 3.25. The highest BCUT2D eigenvalue weighted by molar-refractivity contribution is 6.36. The molecule has 2 amide bonds. The summed E-state index contributed by atoms with van der Waals surface area (Å²) in [6.45, 7) is 2.88. The molecule has 1 saturated heterocycles. The summed E-state index contributed by atoms with van der Waals surface area (Å²) in [7, 11) is 1.52. The van der Waals surface area contributed by atoms with Gasteiger partial charge in [0.05, 0.1) is 18.9 Å². The quantitative estimate of drug-likeness (QED) is 0.165. The third-order valence-electron chi connectivity index (χ3n) is 8.53. The number of ether oxygens (including phenoxy) is 2. The number of hydrogen-bond acceptors (Lipinski definition) is 6. The van der Waals surface area contributed by atoms with Crippen LogP contribution in [-0.4, -0.2) is 48.2 Å². The van der Waals surface area contributed by atoms with Crippen LogP contribution in [0, 0.1) is 17.8 Å². The number of ketones is 1. The van der Waals surface area contributed by atoms with E-state index in [4.69, 9.17) is 32.7 Å². The molecule has 7 nitrogen and oxygen atoms in total. The second kappa shape index (κ2) is 9.71. The van der Waals surface area contributed by atoms with E-state index in [1.807, 2.05) is 48.5 Å². The van der Waals surface area contributed by atoms with Gasteiger partial charge in [-0.05, 0) is 52.4 Å². The Balaban J connectivity index is 1.35. The van der Waals surface area contributed by atoms with Gasteiger partial charge in [0.1, 0.15) is 21.5 Å². The summed E-state index contributed by atoms with van der Waals surface area (Å²) < 4.78 is 10.5. The molecule has 0 saturated carbocycles. The zero-order valence-corrected chi connectivity index (χ0v) is 24.1. The number of benzene rings is 3. The predicted octanol–water partition coefficient (Wildman–Crippen LogP) is 5.04. The Morgan fingerprint density at radius 1 is 0.805 bits per heavy atom. The standard InChI is InChI=1S/C32H27Cl2NO6/c1-17(2)27(30(39)41-16-24(36)18-12-14-19(40-3)15-13-18)35-28(37)25-26(29(35)38)32(34)21-9-5-4-8-20(21)31(25,33)22-10-6-7-11-23(22)32/h4-15,17,25-27H,16H2,1-3H3/t25-,26-,27+,31?,32?/m1/s1. The van der Waals surface area contributed by atoms with Gasteiger partial charge in [0.15, 0.2) is 12.4 Å². The topological polar surface area (TPSA) is 90.0 Å². The number of alkyl halides is 2. The maximum atomic E-state index is 14.3. The second-order valence-electron chi connectivity index (χ2n) is 11.0. The van der Waals surface area contributed by atoms with Crippen molar-refractivity contribution in [2.24, 2.45) is 17.8 Å². The number of likely N-dealkylation sites (tertiary alicyclic amines) is 1. The first-order valence-corrected chi connectivity index (χ1v) is 14.1. The van der Waals surface area contributed by atoms with E-state index in [2.05, 4.69) is 0 Å². The number of carbonyl (C=O) groups is 4. The molecule has 3 aromatic rings. The molecule has 0 spiro atoms. The van der Waals surface area contributed by atoms with Gasteiger partial charge in [-0.15, -0.1) is 23.2 Å². The number of hydrogen-bond donors (Lipinski definition) is 0. The van der Waals surface area contributed by atoms with E-state index in [-0.39, 0.29) is 0 Å². The summed E-state index contributed by atoms with van der Waals surface area (Å²) in [5, 5.41) is 0. The molecule has 3 aromatic carbocycles. The molecule has 210 valence electrons. The lowest BCUT2D eigenvalue weighted by molar-refractivity contribution is -0.160. The van der Waals surface area contributed by atoms with Gasteiger partial charge < -0.3 is 9.47 Å². The van der Waals surface area contributed by atoms with Crippen molar-refractivity contribution in [2.75, 3.05) is 13.7 Å². The molecular weight excluding hydrogens is 565 g/mol. The number of amides is 2. The fraction of sp³-hybridized carbons (Fsp3) is 0.312. The lowest BCUT2D eigenvalue weighted by Gasteiger charge is -2.54. The molecular formula is C32H27Cl2NO6. The van der Waals surface area contributed by atoms with Crippen LogP contribution >= 0.6 is 23.2 Å². The molecule has 1 fully saturated rings. The maximum absolute atomic E-state index is 14.3. The first-order chi connectivity index (χ1) is 19.6. The van der Waals surface area contributed by atoms with Crippen LogP contribution in [0.5, 0.6) is 5.75 Å². The molecule has 1 heterocycles. The Kier molecular flexibility index (Phi) is 6.51. The highest BCUT2D eigenvalue weighted by Crippen LogP contribution is 2.69. The Bertz CT molecular complexity index is 1480. The number of nitrogens with zero attached hydrogens (tertiary/aromatic N) is 1. The van der Waals surface area contributed by atoms with E-state index in [0.717, 1.165) is 4.90 Å². The first kappa shape index (κ1) is 27.5. The highest BCUT2D eigenvalue weighted by atomic mass is 35.5. The van der Waals surface area contributed by atoms with Gasteiger partial charge in [-0.3, -0.25) is 19.3 Å². The minimum absolute atomic E-state index is 0.333. The number of methoxy groups -OCH3 is 1. The Hall–Kier alpha value is -3.68. The van der Waals surface area contributed by atoms with Crippen molar-refractivity contribution in [1.82, 2.24) is 4.90 Å². The van der Waals surface area contributed by atoms with E-state index < -0.39 is 63.7 Å². The van der Waals surface area contributed by atoms with Crippen molar-refractivity contribution in [3.8, 4) is 5.75 Å². The minimum Gasteiger partial charge on any atom is -0.497 e. The fourth-order valence-corrected chi connectivity index (χ4v) is 7.82. The molecule has 1 aliphatic heterocycles. The van der Waals surface area contributed by atoms with E-state index in [1.54, 1.807) is 38.1 Å². The van der Waals surface area contributed by atoms with Crippen LogP contribution < -0.4 is 4.74 Å². The summed E-state index contributed by atoms with van der Waals surface area (Å²) >= 11 is 14.9. The molecule has 3 aliphatic carbocycles. The Morgan fingerprint density at radius 3 is 1.63 bits per heavy atom. The fourth-order valence-electron chi connectivity index (χ4n) is 6.72. The van der Waals surface area contributed by atoms with Gasteiger partial charge in [-0.25, -0.2) is 4.79 Å². The van der Waals surface area contributed by atoms with Gasteiger partial charge in [-0.2, -0.15) is 0 Å². The van der Waals surface area contributed by atoms with Crippen molar-refractivity contribution in [2.45, 2.75) is 29.6 Å². The van der Waals surface area contributed by atoms with E-state index in [1.165, 1.54) is 7.11 Å². The van der Waals surface area contributed by atoms with Crippen LogP contribution in [0.2, 0.25) is 0 Å². The number of imide groups is 1. The lowest BCUT2D eigenvalue weighted by Crippen LogP contribution is -2.57. The molecule has 0 unspecified atom stereocenters. The van der Waals surface area contributed by atoms with E-state index in [0.29, 0.717) is 33.6 Å². The lowest BCUT2D eigenvalue weighted by atomic mass is 9.54. The van der Waals surface area contributed by atoms with Crippen LogP contribution in [0.4, 0.5) is 0 Å². The molecule has 3 atom stereocenters. The number of esters is 1. The van der Waals surface area contributed by atoms with Crippen LogP contribution in [-0.2, 0) is 28.9 Å². The van der Waals surface area contributed by atoms with Crippen molar-refractivity contribution in [3.05, 3.63) is 101 Å². The number of carbonyl (C=O) groups excluding carboxylic acids is 4. The zero-order valence-electron chi connectivity index (χ0n) is 22.6. The summed E-state index contributed by atoms with van der Waals surface area (Å²) in [5.74, 6) is -4.44. The van der Waals surface area contributed by atoms with Crippen molar-refractivity contribution in [3.63, 3.8) is 0 Å². The number of halogens is 2. The maximum Gasteiger partial charge on any atom is 0.330 e. The smallest absolute Gasteiger partial charge is 0.330 e. The summed E-state index contributed by atoms with van der Waals surface area (Å²) in [5.41, 5.74) is 3.03. The molecule has 0 aromatic heterocycles. The van der Waals surface area contributed by atoms with Crippen LogP contribution in [0.15, 0.2) is 72.8 Å². The van der Waals surface area contributed by atoms with Gasteiger partial charge in [-0.1, -0.05) is 62.4 Å². The highest BCUT2D eigenvalue weighted by Gasteiger charge is 2.74. The SMILES string of the molecule is COc1ccc(C(=O)COC(=O)[C@H](C(C)C)N2C(=O)[C@H]3[C@H](C2=O)C2(Cl)c4ccccc4C3(Cl)c3ccccc32)cc1. The minimum atomic E-state index is -1.36. The number of Topliss-reactive ketones (excluding diaryl/α,β-unsaturated/α-hetero) is 1. The van der Waals surface area contributed by atoms with Gasteiger partial charge in [0.2, 0.25) is 11.8 Å². The van der Waals surface area contributed by atoms with Crippen molar-refractivity contribution < 1.29 is 28.7 Å². The largest absolute Gasteiger partial charge is 0.497 e. The second-order valence-corrected chi connectivity index (χ2v) is 12.2. The summed E-state index contributed by atoms with van der Waals surface area (Å²) in [6.07, 6.45) is 0. The van der Waals surface area contributed by atoms with Gasteiger partial charge >= 0.3 is 5.97 Å². The Morgan fingerprint density at radius 2 is 1.24 bits per heavy atom.